The Morgan fingerprint density at radius 2 is 2.36 bits per heavy atom. The summed E-state index contributed by atoms with van der Waals surface area (Å²) in [5.41, 5.74) is 0. The molecule has 0 aliphatic carbocycles. The Hall–Kier alpha value is -1.04. The quantitative estimate of drug-likeness (QED) is 0.661. The highest BCUT2D eigenvalue weighted by Gasteiger charge is 2.04. The largest absolute Gasteiger partial charge is 0.353 e. The van der Waals surface area contributed by atoms with Crippen molar-refractivity contribution in [2.45, 2.75) is 39.2 Å². The molecule has 0 spiro atoms. The summed E-state index contributed by atoms with van der Waals surface area (Å²) in [7, 11) is 0. The zero-order valence-corrected chi connectivity index (χ0v) is 7.05. The molecule has 1 atom stereocenters. The number of rotatable bonds is 4. The van der Waals surface area contributed by atoms with Crippen molar-refractivity contribution in [2.24, 2.45) is 0 Å². The van der Waals surface area contributed by atoms with Gasteiger partial charge in [0.1, 0.15) is 0 Å². The summed E-state index contributed by atoms with van der Waals surface area (Å²) in [6, 6.07) is 1.99. The van der Waals surface area contributed by atoms with Gasteiger partial charge in [-0.2, -0.15) is 5.26 Å². The van der Waals surface area contributed by atoms with Crippen molar-refractivity contribution in [3.63, 3.8) is 0 Å². The number of hydrogen-bond acceptors (Lipinski definition) is 2. The van der Waals surface area contributed by atoms with Crippen LogP contribution in [0.15, 0.2) is 0 Å². The van der Waals surface area contributed by atoms with Crippen molar-refractivity contribution < 1.29 is 4.79 Å². The Morgan fingerprint density at radius 3 is 2.82 bits per heavy atom. The average Bonchev–Trinajstić information content (AvgIpc) is 1.87. The van der Waals surface area contributed by atoms with E-state index in [9.17, 15) is 4.79 Å². The zero-order chi connectivity index (χ0) is 8.69. The summed E-state index contributed by atoms with van der Waals surface area (Å²) >= 11 is 0. The van der Waals surface area contributed by atoms with E-state index in [0.29, 0.717) is 12.8 Å². The van der Waals surface area contributed by atoms with Crippen LogP contribution in [0.3, 0.4) is 0 Å². The maximum Gasteiger partial charge on any atom is 0.220 e. The number of amides is 1. The molecule has 0 aromatic rings. The van der Waals surface area contributed by atoms with Crippen molar-refractivity contribution in [3.8, 4) is 6.07 Å². The van der Waals surface area contributed by atoms with Crippen LogP contribution in [-0.4, -0.2) is 11.9 Å². The van der Waals surface area contributed by atoms with Crippen LogP contribution in [0.1, 0.15) is 33.1 Å². The lowest BCUT2D eigenvalue weighted by molar-refractivity contribution is -0.121. The van der Waals surface area contributed by atoms with E-state index in [1.54, 1.807) is 0 Å². The van der Waals surface area contributed by atoms with Gasteiger partial charge in [0.2, 0.25) is 5.91 Å². The topological polar surface area (TPSA) is 52.9 Å². The summed E-state index contributed by atoms with van der Waals surface area (Å²) < 4.78 is 0. The first kappa shape index (κ1) is 9.96. The second-order valence-electron chi connectivity index (χ2n) is 2.58. The molecule has 0 heterocycles. The number of nitrogens with zero attached hydrogens (tertiary/aromatic N) is 1. The second-order valence-corrected chi connectivity index (χ2v) is 2.58. The highest BCUT2D eigenvalue weighted by atomic mass is 16.1. The predicted molar refractivity (Wildman–Crippen MR) is 42.7 cm³/mol. The van der Waals surface area contributed by atoms with Crippen LogP contribution in [0.2, 0.25) is 0 Å². The van der Waals surface area contributed by atoms with Gasteiger partial charge >= 0.3 is 0 Å². The van der Waals surface area contributed by atoms with Gasteiger partial charge in [-0.1, -0.05) is 6.92 Å². The normalized spacial score (nSPS) is 11.7. The molecular weight excluding hydrogens is 140 g/mol. The summed E-state index contributed by atoms with van der Waals surface area (Å²) in [4.78, 5) is 10.9. The summed E-state index contributed by atoms with van der Waals surface area (Å²) in [6.07, 6.45) is 1.79. The van der Waals surface area contributed by atoms with Crippen molar-refractivity contribution in [1.29, 1.82) is 5.26 Å². The first-order chi connectivity index (χ1) is 5.20. The van der Waals surface area contributed by atoms with Gasteiger partial charge in [-0.05, 0) is 13.3 Å². The highest BCUT2D eigenvalue weighted by Crippen LogP contribution is 1.91. The van der Waals surface area contributed by atoms with Crippen molar-refractivity contribution in [1.82, 2.24) is 5.32 Å². The smallest absolute Gasteiger partial charge is 0.220 e. The molecule has 0 saturated heterocycles. The van der Waals surface area contributed by atoms with E-state index in [1.807, 2.05) is 19.9 Å². The number of nitrogens with one attached hydrogen (secondary N) is 1. The van der Waals surface area contributed by atoms with Crippen LogP contribution in [0.25, 0.3) is 0 Å². The first-order valence-electron chi connectivity index (χ1n) is 3.87. The molecule has 0 aliphatic rings. The van der Waals surface area contributed by atoms with Gasteiger partial charge in [0.25, 0.3) is 0 Å². The Kier molecular flexibility index (Phi) is 5.18. The van der Waals surface area contributed by atoms with Crippen LogP contribution in [0.5, 0.6) is 0 Å². The number of nitriles is 1. The standard InChI is InChI=1S/C8H14N2O/c1-3-4-8(11)10-7(2)5-6-9/h7H,3-5H2,1-2H3,(H,10,11). The van der Waals surface area contributed by atoms with Gasteiger partial charge < -0.3 is 5.32 Å². The number of hydrogen-bond donors (Lipinski definition) is 1. The maximum atomic E-state index is 10.9. The molecule has 0 aromatic heterocycles. The fourth-order valence-electron chi connectivity index (χ4n) is 0.762. The van der Waals surface area contributed by atoms with E-state index < -0.39 is 0 Å². The van der Waals surface area contributed by atoms with Crippen LogP contribution in [-0.2, 0) is 4.79 Å². The van der Waals surface area contributed by atoms with Gasteiger partial charge in [-0.15, -0.1) is 0 Å². The fraction of sp³-hybridized carbons (Fsp3) is 0.750. The van der Waals surface area contributed by atoms with Gasteiger partial charge in [-0.25, -0.2) is 0 Å². The molecule has 3 heteroatoms. The number of carbonyl (C=O) groups excluding carboxylic acids is 1. The third-order valence-corrected chi connectivity index (χ3v) is 1.28. The van der Waals surface area contributed by atoms with E-state index in [4.69, 9.17) is 5.26 Å². The first-order valence-corrected chi connectivity index (χ1v) is 3.87. The van der Waals surface area contributed by atoms with Crippen LogP contribution in [0, 0.1) is 11.3 Å². The van der Waals surface area contributed by atoms with Gasteiger partial charge in [0, 0.05) is 12.5 Å². The fourth-order valence-corrected chi connectivity index (χ4v) is 0.762. The molecule has 1 unspecified atom stereocenters. The lowest BCUT2D eigenvalue weighted by Crippen LogP contribution is -2.31. The van der Waals surface area contributed by atoms with Crippen molar-refractivity contribution in [2.75, 3.05) is 0 Å². The molecule has 0 rings (SSSR count). The summed E-state index contributed by atoms with van der Waals surface area (Å²) in [6.45, 7) is 3.78. The molecule has 0 bridgehead atoms. The Bertz CT molecular complexity index is 160. The Labute approximate surface area is 67.4 Å². The SMILES string of the molecule is CCCC(=O)NC(C)CC#N. The van der Waals surface area contributed by atoms with E-state index in [-0.39, 0.29) is 11.9 Å². The molecule has 0 radical (unpaired) electrons. The molecule has 3 nitrogen and oxygen atoms in total. The zero-order valence-electron chi connectivity index (χ0n) is 7.05. The maximum absolute atomic E-state index is 10.9. The molecule has 0 aromatic carbocycles. The highest BCUT2D eigenvalue weighted by molar-refractivity contribution is 5.76. The lowest BCUT2D eigenvalue weighted by atomic mass is 10.2. The van der Waals surface area contributed by atoms with Crippen molar-refractivity contribution >= 4 is 5.91 Å². The minimum absolute atomic E-state index is 0.0148. The lowest BCUT2D eigenvalue weighted by Gasteiger charge is -2.08. The third-order valence-electron chi connectivity index (χ3n) is 1.28. The van der Waals surface area contributed by atoms with Gasteiger partial charge in [-0.3, -0.25) is 4.79 Å². The Balaban J connectivity index is 3.50. The minimum Gasteiger partial charge on any atom is -0.353 e. The van der Waals surface area contributed by atoms with Crippen LogP contribution in [0.4, 0.5) is 0 Å². The molecule has 1 amide bonds. The number of carbonyl (C=O) groups is 1. The molecule has 62 valence electrons. The van der Waals surface area contributed by atoms with Crippen molar-refractivity contribution in [3.05, 3.63) is 0 Å². The van der Waals surface area contributed by atoms with E-state index in [0.717, 1.165) is 6.42 Å². The van der Waals surface area contributed by atoms with Crippen LogP contribution >= 0.6 is 0 Å². The average molecular weight is 154 g/mol. The summed E-state index contributed by atoms with van der Waals surface area (Å²) in [5.74, 6) is 0.0373. The van der Waals surface area contributed by atoms with Gasteiger partial charge in [0.05, 0.1) is 12.5 Å². The molecule has 0 saturated carbocycles. The molecule has 1 N–H and O–H groups in total. The van der Waals surface area contributed by atoms with E-state index >= 15 is 0 Å². The van der Waals surface area contributed by atoms with E-state index in [2.05, 4.69) is 5.32 Å². The minimum atomic E-state index is -0.0148. The van der Waals surface area contributed by atoms with Gasteiger partial charge in [0.15, 0.2) is 0 Å². The molecule has 11 heavy (non-hydrogen) atoms. The second kappa shape index (κ2) is 5.72. The predicted octanol–water partition coefficient (Wildman–Crippen LogP) is 1.20. The van der Waals surface area contributed by atoms with E-state index in [1.165, 1.54) is 0 Å². The molecular formula is C8H14N2O. The monoisotopic (exact) mass is 154 g/mol. The molecule has 0 aliphatic heterocycles. The third kappa shape index (κ3) is 5.41. The summed E-state index contributed by atoms with van der Waals surface area (Å²) in [5, 5.41) is 11.0. The molecule has 0 fully saturated rings. The van der Waals surface area contributed by atoms with Crippen LogP contribution < -0.4 is 5.32 Å². The Morgan fingerprint density at radius 1 is 1.73 bits per heavy atom.